The Morgan fingerprint density at radius 2 is 1.91 bits per heavy atom. The van der Waals surface area contributed by atoms with Gasteiger partial charge in [0, 0.05) is 23.6 Å². The van der Waals surface area contributed by atoms with Crippen LogP contribution in [0.2, 0.25) is 0 Å². The van der Waals surface area contributed by atoms with Gasteiger partial charge < -0.3 is 26.3 Å². The topological polar surface area (TPSA) is 125 Å². The van der Waals surface area contributed by atoms with E-state index in [1.165, 1.54) is 14.2 Å². The molecule has 0 saturated carbocycles. The van der Waals surface area contributed by atoms with Gasteiger partial charge in [-0.25, -0.2) is 0 Å². The molecule has 3 rings (SSSR count). The van der Waals surface area contributed by atoms with Gasteiger partial charge in [-0.2, -0.15) is 9.97 Å². The van der Waals surface area contributed by atoms with Crippen molar-refractivity contribution >= 4 is 23.5 Å². The van der Waals surface area contributed by atoms with E-state index in [0.717, 1.165) is 0 Å². The number of aromatic nitrogens is 2. The van der Waals surface area contributed by atoms with E-state index < -0.39 is 0 Å². The Bertz CT molecular complexity index is 776. The zero-order chi connectivity index (χ0) is 15.9. The van der Waals surface area contributed by atoms with Crippen molar-refractivity contribution in [2.75, 3.05) is 31.0 Å². The van der Waals surface area contributed by atoms with Crippen LogP contribution in [0.5, 0.6) is 11.5 Å². The molecule has 0 atom stereocenters. The van der Waals surface area contributed by atoms with Crippen LogP contribution in [0.1, 0.15) is 21.5 Å². The Morgan fingerprint density at radius 3 is 2.59 bits per heavy atom. The third kappa shape index (κ3) is 2.14. The summed E-state index contributed by atoms with van der Waals surface area (Å²) in [6.07, 6.45) is 0.350. The zero-order valence-corrected chi connectivity index (χ0v) is 12.1. The molecule has 1 aliphatic heterocycles. The van der Waals surface area contributed by atoms with Gasteiger partial charge >= 0.3 is 0 Å². The van der Waals surface area contributed by atoms with Gasteiger partial charge in [0.15, 0.2) is 0 Å². The molecule has 1 aromatic carbocycles. The Balaban J connectivity index is 2.23. The normalized spacial score (nSPS) is 12.7. The Morgan fingerprint density at radius 1 is 1.14 bits per heavy atom. The first-order valence-corrected chi connectivity index (χ1v) is 6.51. The molecule has 1 aromatic heterocycles. The minimum absolute atomic E-state index is 0.00653. The third-order valence-corrected chi connectivity index (χ3v) is 3.52. The molecule has 0 spiro atoms. The minimum atomic E-state index is -0.330. The number of carbonyl (C=O) groups is 1. The number of hydrogen-bond donors (Lipinski definition) is 3. The summed E-state index contributed by atoms with van der Waals surface area (Å²) < 4.78 is 10.6. The summed E-state index contributed by atoms with van der Waals surface area (Å²) in [6, 6.07) is 3.36. The van der Waals surface area contributed by atoms with Gasteiger partial charge in [0.25, 0.3) is 5.91 Å². The quantitative estimate of drug-likeness (QED) is 0.749. The SMILES string of the molecule is COc1cc(OC)c2c(c1)C(=O)Nc1nc(N)nc(N)c1C2. The van der Waals surface area contributed by atoms with Gasteiger partial charge in [-0.05, 0) is 6.07 Å². The number of methoxy groups -OCH3 is 2. The monoisotopic (exact) mass is 301 g/mol. The number of nitrogens with zero attached hydrogens (tertiary/aromatic N) is 2. The van der Waals surface area contributed by atoms with Gasteiger partial charge in [0.1, 0.15) is 23.1 Å². The number of anilines is 3. The number of ether oxygens (including phenoxy) is 2. The second-order valence-corrected chi connectivity index (χ2v) is 4.78. The molecular weight excluding hydrogens is 286 g/mol. The van der Waals surface area contributed by atoms with Crippen molar-refractivity contribution in [2.24, 2.45) is 0 Å². The number of fused-ring (bicyclic) bond motifs is 2. The van der Waals surface area contributed by atoms with Crippen LogP contribution in [0.4, 0.5) is 17.6 Å². The number of nitrogens with two attached hydrogens (primary N) is 2. The van der Waals surface area contributed by atoms with Crippen LogP contribution in [0.25, 0.3) is 0 Å². The van der Waals surface area contributed by atoms with E-state index in [0.29, 0.717) is 40.4 Å². The predicted octanol–water partition coefficient (Wildman–Crippen LogP) is 0.815. The van der Waals surface area contributed by atoms with Crippen LogP contribution in [0.3, 0.4) is 0 Å². The molecule has 0 bridgehead atoms. The van der Waals surface area contributed by atoms with Crippen LogP contribution >= 0.6 is 0 Å². The molecule has 0 saturated heterocycles. The standard InChI is InChI=1S/C14H15N5O3/c1-21-6-3-8-7(10(4-6)22-2)5-9-11(15)17-14(16)19-12(9)18-13(8)20/h3-4H,5H2,1-2H3,(H5,15,16,17,18,19,20). The van der Waals surface area contributed by atoms with Gasteiger partial charge in [-0.1, -0.05) is 0 Å². The second-order valence-electron chi connectivity index (χ2n) is 4.78. The van der Waals surface area contributed by atoms with Crippen molar-refractivity contribution in [2.45, 2.75) is 6.42 Å². The number of carbonyl (C=O) groups excluding carboxylic acids is 1. The van der Waals surface area contributed by atoms with E-state index in [4.69, 9.17) is 20.9 Å². The number of rotatable bonds is 2. The van der Waals surface area contributed by atoms with Crippen LogP contribution in [-0.2, 0) is 6.42 Å². The minimum Gasteiger partial charge on any atom is -0.497 e. The maximum atomic E-state index is 12.5. The summed E-state index contributed by atoms with van der Waals surface area (Å²) in [5.41, 5.74) is 13.2. The van der Waals surface area contributed by atoms with Gasteiger partial charge in [-0.3, -0.25) is 4.79 Å². The molecule has 1 aliphatic rings. The molecule has 8 heteroatoms. The lowest BCUT2D eigenvalue weighted by atomic mass is 9.99. The van der Waals surface area contributed by atoms with E-state index in [-0.39, 0.29) is 17.7 Å². The van der Waals surface area contributed by atoms with Crippen molar-refractivity contribution in [3.63, 3.8) is 0 Å². The number of nitrogens with one attached hydrogen (secondary N) is 1. The lowest BCUT2D eigenvalue weighted by Crippen LogP contribution is -2.14. The van der Waals surface area contributed by atoms with Gasteiger partial charge in [0.2, 0.25) is 5.95 Å². The molecule has 0 unspecified atom stereocenters. The molecular formula is C14H15N5O3. The summed E-state index contributed by atoms with van der Waals surface area (Å²) >= 11 is 0. The fourth-order valence-electron chi connectivity index (χ4n) is 2.45. The third-order valence-electron chi connectivity index (χ3n) is 3.52. The Kier molecular flexibility index (Phi) is 3.21. The Hall–Kier alpha value is -3.03. The number of benzene rings is 1. The maximum Gasteiger partial charge on any atom is 0.257 e. The first-order valence-electron chi connectivity index (χ1n) is 6.51. The second kappa shape index (κ2) is 5.06. The van der Waals surface area contributed by atoms with Crippen molar-refractivity contribution in [1.82, 2.24) is 9.97 Å². The molecule has 2 aromatic rings. The van der Waals surface area contributed by atoms with Crippen LogP contribution in [-0.4, -0.2) is 30.1 Å². The highest BCUT2D eigenvalue weighted by Crippen LogP contribution is 2.36. The average Bonchev–Trinajstić information content (AvgIpc) is 2.63. The maximum absolute atomic E-state index is 12.5. The zero-order valence-electron chi connectivity index (χ0n) is 12.1. The van der Waals surface area contributed by atoms with Gasteiger partial charge in [-0.15, -0.1) is 0 Å². The summed E-state index contributed by atoms with van der Waals surface area (Å²) in [5, 5.41) is 2.70. The van der Waals surface area contributed by atoms with Crippen molar-refractivity contribution in [3.8, 4) is 11.5 Å². The van der Waals surface area contributed by atoms with Crippen LogP contribution in [0, 0.1) is 0 Å². The van der Waals surface area contributed by atoms with E-state index in [1.807, 2.05) is 0 Å². The summed E-state index contributed by atoms with van der Waals surface area (Å²) in [5.74, 6) is 1.28. The molecule has 8 nitrogen and oxygen atoms in total. The fraction of sp³-hybridized carbons (Fsp3) is 0.214. The summed E-state index contributed by atoms with van der Waals surface area (Å²) in [6.45, 7) is 0. The largest absolute Gasteiger partial charge is 0.497 e. The van der Waals surface area contributed by atoms with E-state index in [9.17, 15) is 4.79 Å². The summed E-state index contributed by atoms with van der Waals surface area (Å²) in [4.78, 5) is 20.5. The highest BCUT2D eigenvalue weighted by Gasteiger charge is 2.26. The number of hydrogen-bond acceptors (Lipinski definition) is 7. The van der Waals surface area contributed by atoms with Crippen LogP contribution < -0.4 is 26.3 Å². The smallest absolute Gasteiger partial charge is 0.257 e. The van der Waals surface area contributed by atoms with Crippen molar-refractivity contribution in [1.29, 1.82) is 0 Å². The first-order chi connectivity index (χ1) is 10.5. The van der Waals surface area contributed by atoms with Crippen molar-refractivity contribution < 1.29 is 14.3 Å². The predicted molar refractivity (Wildman–Crippen MR) is 81.2 cm³/mol. The average molecular weight is 301 g/mol. The molecule has 0 fully saturated rings. The lowest BCUT2D eigenvalue weighted by molar-refractivity contribution is 0.102. The number of nitrogen functional groups attached to an aromatic ring is 2. The van der Waals surface area contributed by atoms with Crippen molar-refractivity contribution in [3.05, 3.63) is 28.8 Å². The molecule has 0 aliphatic carbocycles. The summed E-state index contributed by atoms with van der Waals surface area (Å²) in [7, 11) is 3.05. The first kappa shape index (κ1) is 13.9. The number of amides is 1. The lowest BCUT2D eigenvalue weighted by Gasteiger charge is -2.13. The van der Waals surface area contributed by atoms with E-state index >= 15 is 0 Å². The Labute approximate surface area is 126 Å². The van der Waals surface area contributed by atoms with Gasteiger partial charge in [0.05, 0.1) is 19.8 Å². The fourth-order valence-corrected chi connectivity index (χ4v) is 2.45. The highest BCUT2D eigenvalue weighted by molar-refractivity contribution is 6.07. The van der Waals surface area contributed by atoms with Crippen LogP contribution in [0.15, 0.2) is 12.1 Å². The molecule has 1 amide bonds. The van der Waals surface area contributed by atoms with E-state index in [2.05, 4.69) is 15.3 Å². The molecule has 22 heavy (non-hydrogen) atoms. The molecule has 0 radical (unpaired) electrons. The molecule has 2 heterocycles. The molecule has 5 N–H and O–H groups in total. The highest BCUT2D eigenvalue weighted by atomic mass is 16.5. The molecule has 114 valence electrons. The van der Waals surface area contributed by atoms with E-state index in [1.54, 1.807) is 12.1 Å².